The van der Waals surface area contributed by atoms with Crippen molar-refractivity contribution in [2.45, 2.75) is 53.5 Å². The van der Waals surface area contributed by atoms with Crippen molar-refractivity contribution >= 4 is 11.6 Å². The number of halogens is 1. The third-order valence-electron chi connectivity index (χ3n) is 3.94. The Kier molecular flexibility index (Phi) is 5.46. The van der Waals surface area contributed by atoms with Gasteiger partial charge in [0.15, 0.2) is 0 Å². The van der Waals surface area contributed by atoms with Gasteiger partial charge in [0.25, 0.3) is 0 Å². The van der Waals surface area contributed by atoms with Crippen LogP contribution in [0.1, 0.15) is 47.1 Å². The van der Waals surface area contributed by atoms with Crippen molar-refractivity contribution in [3.05, 3.63) is 34.9 Å². The summed E-state index contributed by atoms with van der Waals surface area (Å²) in [5.74, 6) is 0.623. The van der Waals surface area contributed by atoms with Crippen LogP contribution in [0.2, 0.25) is 5.02 Å². The number of benzene rings is 1. The van der Waals surface area contributed by atoms with E-state index >= 15 is 0 Å². The van der Waals surface area contributed by atoms with E-state index in [1.54, 1.807) is 0 Å². The average molecular weight is 282 g/mol. The summed E-state index contributed by atoms with van der Waals surface area (Å²) in [5.41, 5.74) is 1.77. The summed E-state index contributed by atoms with van der Waals surface area (Å²) < 4.78 is 0. The molecule has 0 aliphatic carbocycles. The Morgan fingerprint density at radius 1 is 1.05 bits per heavy atom. The Morgan fingerprint density at radius 2 is 1.58 bits per heavy atom. The molecule has 1 aromatic carbocycles. The highest BCUT2D eigenvalue weighted by atomic mass is 35.5. The lowest BCUT2D eigenvalue weighted by molar-refractivity contribution is 0.188. The quantitative estimate of drug-likeness (QED) is 0.807. The van der Waals surface area contributed by atoms with Crippen LogP contribution < -0.4 is 5.32 Å². The summed E-state index contributed by atoms with van der Waals surface area (Å²) in [6.45, 7) is 14.7. The van der Waals surface area contributed by atoms with Crippen molar-refractivity contribution in [2.24, 2.45) is 11.3 Å². The fourth-order valence-corrected chi connectivity index (χ4v) is 2.13. The van der Waals surface area contributed by atoms with Gasteiger partial charge in [-0.3, -0.25) is 0 Å². The lowest BCUT2D eigenvalue weighted by Gasteiger charge is -2.37. The van der Waals surface area contributed by atoms with Crippen LogP contribution in [-0.4, -0.2) is 12.1 Å². The summed E-state index contributed by atoms with van der Waals surface area (Å²) in [4.78, 5) is 0. The fourth-order valence-electron chi connectivity index (χ4n) is 2.01. The standard InChI is InChI=1S/C17H28ClN/c1-13(2)17(6,12-19-16(3,4)5)11-14-7-9-15(18)10-8-14/h7-10,13,19H,11-12H2,1-6H3. The Labute approximate surface area is 123 Å². The molecule has 0 fully saturated rings. The molecule has 108 valence electrons. The summed E-state index contributed by atoms with van der Waals surface area (Å²) in [5, 5.41) is 4.46. The number of rotatable bonds is 5. The molecule has 1 nitrogen and oxygen atoms in total. The monoisotopic (exact) mass is 281 g/mol. The van der Waals surface area contributed by atoms with E-state index in [9.17, 15) is 0 Å². The summed E-state index contributed by atoms with van der Waals surface area (Å²) in [6.07, 6.45) is 1.07. The van der Waals surface area contributed by atoms with Crippen molar-refractivity contribution in [2.75, 3.05) is 6.54 Å². The van der Waals surface area contributed by atoms with Gasteiger partial charge in [0.1, 0.15) is 0 Å². The van der Waals surface area contributed by atoms with Crippen molar-refractivity contribution in [1.29, 1.82) is 0 Å². The van der Waals surface area contributed by atoms with E-state index in [0.29, 0.717) is 5.92 Å². The second kappa shape index (κ2) is 6.28. The van der Waals surface area contributed by atoms with E-state index in [1.807, 2.05) is 12.1 Å². The SMILES string of the molecule is CC(C)C(C)(CNC(C)(C)C)Cc1ccc(Cl)cc1. The van der Waals surface area contributed by atoms with Gasteiger partial charge in [0.2, 0.25) is 0 Å². The number of hydrogen-bond acceptors (Lipinski definition) is 1. The highest BCUT2D eigenvalue weighted by Crippen LogP contribution is 2.31. The predicted molar refractivity (Wildman–Crippen MR) is 85.9 cm³/mol. The molecule has 0 amide bonds. The molecular formula is C17H28ClN. The van der Waals surface area contributed by atoms with Gasteiger partial charge in [-0.15, -0.1) is 0 Å². The van der Waals surface area contributed by atoms with E-state index in [1.165, 1.54) is 5.56 Å². The minimum Gasteiger partial charge on any atom is -0.312 e. The van der Waals surface area contributed by atoms with Gasteiger partial charge >= 0.3 is 0 Å². The first-order valence-electron chi connectivity index (χ1n) is 7.12. The summed E-state index contributed by atoms with van der Waals surface area (Å²) in [7, 11) is 0. The second-order valence-electron chi connectivity index (χ2n) is 7.22. The van der Waals surface area contributed by atoms with E-state index in [0.717, 1.165) is 18.0 Å². The maximum Gasteiger partial charge on any atom is 0.0406 e. The first kappa shape index (κ1) is 16.5. The summed E-state index contributed by atoms with van der Waals surface area (Å²) in [6, 6.07) is 8.24. The van der Waals surface area contributed by atoms with Crippen LogP contribution >= 0.6 is 11.6 Å². The topological polar surface area (TPSA) is 12.0 Å². The maximum atomic E-state index is 5.95. The number of hydrogen-bond donors (Lipinski definition) is 1. The first-order chi connectivity index (χ1) is 8.62. The molecule has 0 spiro atoms. The minimum atomic E-state index is 0.163. The molecule has 1 N–H and O–H groups in total. The molecule has 0 aliphatic rings. The molecule has 1 atom stereocenters. The Bertz CT molecular complexity index is 389. The molecule has 0 bridgehead atoms. The van der Waals surface area contributed by atoms with Crippen LogP contribution in [0, 0.1) is 11.3 Å². The molecule has 0 saturated carbocycles. The lowest BCUT2D eigenvalue weighted by Crippen LogP contribution is -2.45. The van der Waals surface area contributed by atoms with Gasteiger partial charge in [-0.2, -0.15) is 0 Å². The van der Waals surface area contributed by atoms with Crippen molar-refractivity contribution < 1.29 is 0 Å². The maximum absolute atomic E-state index is 5.95. The van der Waals surface area contributed by atoms with Crippen LogP contribution in [0.4, 0.5) is 0 Å². The van der Waals surface area contributed by atoms with E-state index in [-0.39, 0.29) is 11.0 Å². The molecule has 1 rings (SSSR count). The zero-order valence-electron chi connectivity index (χ0n) is 13.2. The van der Waals surface area contributed by atoms with Crippen molar-refractivity contribution in [3.63, 3.8) is 0 Å². The van der Waals surface area contributed by atoms with E-state index in [2.05, 4.69) is 59.0 Å². The Hall–Kier alpha value is -0.530. The molecule has 1 unspecified atom stereocenters. The van der Waals surface area contributed by atoms with E-state index < -0.39 is 0 Å². The molecule has 1 aromatic rings. The highest BCUT2D eigenvalue weighted by Gasteiger charge is 2.29. The van der Waals surface area contributed by atoms with Gasteiger partial charge in [-0.1, -0.05) is 44.5 Å². The highest BCUT2D eigenvalue weighted by molar-refractivity contribution is 6.30. The van der Waals surface area contributed by atoms with Gasteiger partial charge < -0.3 is 5.32 Å². The predicted octanol–water partition coefficient (Wildman–Crippen LogP) is 4.93. The first-order valence-corrected chi connectivity index (χ1v) is 7.50. The van der Waals surface area contributed by atoms with Gasteiger partial charge in [-0.25, -0.2) is 0 Å². The van der Waals surface area contributed by atoms with Crippen molar-refractivity contribution in [1.82, 2.24) is 5.32 Å². The van der Waals surface area contributed by atoms with E-state index in [4.69, 9.17) is 11.6 Å². The minimum absolute atomic E-state index is 0.163. The zero-order valence-corrected chi connectivity index (χ0v) is 13.9. The molecule has 0 radical (unpaired) electrons. The van der Waals surface area contributed by atoms with Gasteiger partial charge in [-0.05, 0) is 56.2 Å². The largest absolute Gasteiger partial charge is 0.312 e. The van der Waals surface area contributed by atoms with Crippen LogP contribution in [0.5, 0.6) is 0 Å². The number of nitrogens with one attached hydrogen (secondary N) is 1. The summed E-state index contributed by atoms with van der Waals surface area (Å²) >= 11 is 5.95. The van der Waals surface area contributed by atoms with Gasteiger partial charge in [0.05, 0.1) is 0 Å². The average Bonchev–Trinajstić information content (AvgIpc) is 2.29. The Balaban J connectivity index is 2.79. The third-order valence-corrected chi connectivity index (χ3v) is 4.19. The Morgan fingerprint density at radius 3 is 2.00 bits per heavy atom. The van der Waals surface area contributed by atoms with Crippen LogP contribution in [0.15, 0.2) is 24.3 Å². The third kappa shape index (κ3) is 5.54. The van der Waals surface area contributed by atoms with Crippen molar-refractivity contribution in [3.8, 4) is 0 Å². The molecular weight excluding hydrogens is 254 g/mol. The van der Waals surface area contributed by atoms with Crippen LogP contribution in [0.25, 0.3) is 0 Å². The normalized spacial score (nSPS) is 15.6. The van der Waals surface area contributed by atoms with Crippen LogP contribution in [-0.2, 0) is 6.42 Å². The molecule has 19 heavy (non-hydrogen) atoms. The lowest BCUT2D eigenvalue weighted by atomic mass is 9.74. The molecule has 0 saturated heterocycles. The molecule has 2 heteroatoms. The van der Waals surface area contributed by atoms with Gasteiger partial charge in [0, 0.05) is 17.1 Å². The fraction of sp³-hybridized carbons (Fsp3) is 0.647. The zero-order chi connectivity index (χ0) is 14.7. The smallest absolute Gasteiger partial charge is 0.0406 e. The second-order valence-corrected chi connectivity index (χ2v) is 7.65. The molecule has 0 aromatic heterocycles. The molecule has 0 aliphatic heterocycles. The van der Waals surface area contributed by atoms with Crippen LogP contribution in [0.3, 0.4) is 0 Å². The molecule has 0 heterocycles.